The van der Waals surface area contributed by atoms with Crippen molar-refractivity contribution in [3.8, 4) is 0 Å². The number of likely N-dealkylation sites (tertiary alicyclic amines) is 1. The zero-order chi connectivity index (χ0) is 13.9. The fraction of sp³-hybridized carbons (Fsp3) is 0.529. The average molecular weight is 272 g/mol. The number of aryl methyl sites for hydroxylation is 1. The minimum absolute atomic E-state index is 0.824. The van der Waals surface area contributed by atoms with Gasteiger partial charge in [-0.05, 0) is 58.4 Å². The van der Waals surface area contributed by atoms with Gasteiger partial charge in [0.05, 0.1) is 0 Å². The largest absolute Gasteiger partial charge is 0.461 e. The van der Waals surface area contributed by atoms with Gasteiger partial charge in [0, 0.05) is 17.5 Å². The van der Waals surface area contributed by atoms with Crippen LogP contribution in [0.5, 0.6) is 0 Å². The molecule has 0 aliphatic carbocycles. The second kappa shape index (κ2) is 5.98. The lowest BCUT2D eigenvalue weighted by molar-refractivity contribution is 0.216. The summed E-state index contributed by atoms with van der Waals surface area (Å²) in [5.41, 5.74) is 2.31. The van der Waals surface area contributed by atoms with Crippen molar-refractivity contribution in [2.24, 2.45) is 5.92 Å². The van der Waals surface area contributed by atoms with Crippen molar-refractivity contribution in [1.29, 1.82) is 0 Å². The van der Waals surface area contributed by atoms with E-state index in [1.54, 1.807) is 0 Å². The molecule has 0 spiro atoms. The number of nitrogens with zero attached hydrogens (tertiary/aromatic N) is 1. The van der Waals surface area contributed by atoms with Gasteiger partial charge in [0.1, 0.15) is 11.3 Å². The fourth-order valence-electron chi connectivity index (χ4n) is 3.11. The van der Waals surface area contributed by atoms with Crippen LogP contribution in [0.1, 0.15) is 24.2 Å². The van der Waals surface area contributed by atoms with Gasteiger partial charge in [0.15, 0.2) is 0 Å². The zero-order valence-electron chi connectivity index (χ0n) is 12.5. The molecule has 1 fully saturated rings. The molecule has 0 atom stereocenters. The van der Waals surface area contributed by atoms with Crippen LogP contribution >= 0.6 is 0 Å². The number of para-hydroxylation sites is 1. The molecule has 20 heavy (non-hydrogen) atoms. The van der Waals surface area contributed by atoms with Crippen LogP contribution in [0.3, 0.4) is 0 Å². The highest BCUT2D eigenvalue weighted by atomic mass is 16.3. The maximum absolute atomic E-state index is 5.81. The van der Waals surface area contributed by atoms with E-state index in [1.165, 1.54) is 36.9 Å². The minimum atomic E-state index is 0.824. The molecule has 0 unspecified atom stereocenters. The first-order valence-corrected chi connectivity index (χ1v) is 7.60. The molecule has 2 heterocycles. The molecule has 1 saturated heterocycles. The number of hydrogen-bond donors (Lipinski definition) is 1. The number of fused-ring (bicyclic) bond motifs is 1. The zero-order valence-corrected chi connectivity index (χ0v) is 12.5. The van der Waals surface area contributed by atoms with E-state index >= 15 is 0 Å². The van der Waals surface area contributed by atoms with Crippen LogP contribution in [0, 0.1) is 12.8 Å². The van der Waals surface area contributed by atoms with Gasteiger partial charge in [-0.1, -0.05) is 18.2 Å². The summed E-state index contributed by atoms with van der Waals surface area (Å²) in [5, 5.41) is 4.88. The lowest BCUT2D eigenvalue weighted by Crippen LogP contribution is -2.34. The van der Waals surface area contributed by atoms with Gasteiger partial charge in [-0.25, -0.2) is 0 Å². The summed E-state index contributed by atoms with van der Waals surface area (Å²) < 4.78 is 5.81. The highest BCUT2D eigenvalue weighted by Crippen LogP contribution is 2.25. The smallest absolute Gasteiger partial charge is 0.134 e. The average Bonchev–Trinajstić information content (AvgIpc) is 2.77. The molecular formula is C17H24N2O. The van der Waals surface area contributed by atoms with Crippen LogP contribution in [0.2, 0.25) is 0 Å². The van der Waals surface area contributed by atoms with Crippen LogP contribution in [-0.2, 0) is 6.54 Å². The Labute approximate surface area is 120 Å². The second-order valence-electron chi connectivity index (χ2n) is 6.01. The van der Waals surface area contributed by atoms with E-state index in [2.05, 4.69) is 36.3 Å². The highest BCUT2D eigenvalue weighted by Gasteiger charge is 2.16. The number of rotatable bonds is 4. The summed E-state index contributed by atoms with van der Waals surface area (Å²) in [6.07, 6.45) is 2.63. The summed E-state index contributed by atoms with van der Waals surface area (Å²) in [5.74, 6) is 1.87. The molecule has 0 saturated carbocycles. The Hall–Kier alpha value is -1.32. The fourth-order valence-corrected chi connectivity index (χ4v) is 3.11. The number of benzene rings is 1. The van der Waals surface area contributed by atoms with Crippen molar-refractivity contribution < 1.29 is 4.42 Å². The summed E-state index contributed by atoms with van der Waals surface area (Å²) in [6.45, 7) is 6.56. The van der Waals surface area contributed by atoms with E-state index in [1.807, 2.05) is 12.1 Å². The van der Waals surface area contributed by atoms with Crippen LogP contribution in [0.25, 0.3) is 11.0 Å². The Morgan fingerprint density at radius 3 is 2.80 bits per heavy atom. The van der Waals surface area contributed by atoms with Crippen LogP contribution < -0.4 is 5.32 Å². The first-order chi connectivity index (χ1) is 9.74. The van der Waals surface area contributed by atoms with Crippen LogP contribution in [0.15, 0.2) is 28.7 Å². The number of piperidine rings is 1. The third-order valence-corrected chi connectivity index (χ3v) is 4.47. The SMILES string of the molecule is Cc1oc2ccccc2c1CNCC1CCN(C)CC1. The Bertz CT molecular complexity index is 567. The van der Waals surface area contributed by atoms with E-state index in [9.17, 15) is 0 Å². The Morgan fingerprint density at radius 1 is 1.25 bits per heavy atom. The molecule has 3 rings (SSSR count). The molecule has 108 valence electrons. The van der Waals surface area contributed by atoms with E-state index < -0.39 is 0 Å². The molecule has 1 aliphatic rings. The van der Waals surface area contributed by atoms with Crippen molar-refractivity contribution in [2.45, 2.75) is 26.3 Å². The van der Waals surface area contributed by atoms with Crippen molar-refractivity contribution in [1.82, 2.24) is 10.2 Å². The van der Waals surface area contributed by atoms with Gasteiger partial charge in [0.25, 0.3) is 0 Å². The Morgan fingerprint density at radius 2 is 2.00 bits per heavy atom. The van der Waals surface area contributed by atoms with E-state index in [0.29, 0.717) is 0 Å². The minimum Gasteiger partial charge on any atom is -0.461 e. The van der Waals surface area contributed by atoms with Crippen molar-refractivity contribution in [2.75, 3.05) is 26.7 Å². The molecule has 0 amide bonds. The van der Waals surface area contributed by atoms with Crippen LogP contribution in [0.4, 0.5) is 0 Å². The topological polar surface area (TPSA) is 28.4 Å². The van der Waals surface area contributed by atoms with Crippen molar-refractivity contribution >= 4 is 11.0 Å². The quantitative estimate of drug-likeness (QED) is 0.926. The predicted molar refractivity (Wildman–Crippen MR) is 82.9 cm³/mol. The van der Waals surface area contributed by atoms with Gasteiger partial charge < -0.3 is 14.6 Å². The molecular weight excluding hydrogens is 248 g/mol. The lowest BCUT2D eigenvalue weighted by Gasteiger charge is -2.29. The Balaban J connectivity index is 1.59. The molecule has 1 aromatic carbocycles. The first kappa shape index (κ1) is 13.7. The van der Waals surface area contributed by atoms with Crippen molar-refractivity contribution in [3.05, 3.63) is 35.6 Å². The second-order valence-corrected chi connectivity index (χ2v) is 6.01. The number of hydrogen-bond acceptors (Lipinski definition) is 3. The van der Waals surface area contributed by atoms with Gasteiger partial charge in [-0.2, -0.15) is 0 Å². The highest BCUT2D eigenvalue weighted by molar-refractivity contribution is 5.82. The summed E-state index contributed by atoms with van der Waals surface area (Å²) in [6, 6.07) is 8.31. The third kappa shape index (κ3) is 2.89. The number of nitrogens with one attached hydrogen (secondary N) is 1. The summed E-state index contributed by atoms with van der Waals surface area (Å²) >= 11 is 0. The summed E-state index contributed by atoms with van der Waals surface area (Å²) in [7, 11) is 2.21. The molecule has 3 heteroatoms. The molecule has 1 aromatic heterocycles. The van der Waals surface area contributed by atoms with Crippen molar-refractivity contribution in [3.63, 3.8) is 0 Å². The predicted octanol–water partition coefficient (Wildman–Crippen LogP) is 3.17. The Kier molecular flexibility index (Phi) is 4.08. The number of furan rings is 1. The third-order valence-electron chi connectivity index (χ3n) is 4.47. The summed E-state index contributed by atoms with van der Waals surface area (Å²) in [4.78, 5) is 2.42. The molecule has 1 aliphatic heterocycles. The van der Waals surface area contributed by atoms with E-state index in [0.717, 1.165) is 30.4 Å². The standard InChI is InChI=1S/C17H24N2O/c1-13-16(15-5-3-4-6-17(15)20-13)12-18-11-14-7-9-19(2)10-8-14/h3-6,14,18H,7-12H2,1-2H3. The van der Waals surface area contributed by atoms with Gasteiger partial charge in [-0.15, -0.1) is 0 Å². The normalized spacial score (nSPS) is 17.9. The molecule has 2 aromatic rings. The maximum Gasteiger partial charge on any atom is 0.134 e. The monoisotopic (exact) mass is 272 g/mol. The maximum atomic E-state index is 5.81. The van der Waals surface area contributed by atoms with E-state index in [-0.39, 0.29) is 0 Å². The van der Waals surface area contributed by atoms with Gasteiger partial charge in [-0.3, -0.25) is 0 Å². The van der Waals surface area contributed by atoms with Gasteiger partial charge in [0.2, 0.25) is 0 Å². The van der Waals surface area contributed by atoms with E-state index in [4.69, 9.17) is 4.42 Å². The molecule has 1 N–H and O–H groups in total. The molecule has 3 nitrogen and oxygen atoms in total. The lowest BCUT2D eigenvalue weighted by atomic mass is 9.97. The first-order valence-electron chi connectivity index (χ1n) is 7.60. The molecule has 0 radical (unpaired) electrons. The molecule has 0 bridgehead atoms. The van der Waals surface area contributed by atoms with Crippen LogP contribution in [-0.4, -0.2) is 31.6 Å². The van der Waals surface area contributed by atoms with Gasteiger partial charge >= 0.3 is 0 Å².